The van der Waals surface area contributed by atoms with Gasteiger partial charge in [0.1, 0.15) is 17.4 Å². The molecule has 1 atom stereocenters. The van der Waals surface area contributed by atoms with Crippen molar-refractivity contribution in [3.63, 3.8) is 0 Å². The average molecular weight is 288 g/mol. The number of hydrogen-bond donors (Lipinski definition) is 1. The van der Waals surface area contributed by atoms with Crippen molar-refractivity contribution < 1.29 is 14.6 Å². The minimum Gasteiger partial charge on any atom is -0.495 e. The van der Waals surface area contributed by atoms with E-state index in [2.05, 4.69) is 6.07 Å². The average Bonchev–Trinajstić information content (AvgIpc) is 2.91. The molecule has 0 aromatic heterocycles. The predicted molar refractivity (Wildman–Crippen MR) is 78.0 cm³/mol. The van der Waals surface area contributed by atoms with Gasteiger partial charge in [0, 0.05) is 6.54 Å². The van der Waals surface area contributed by atoms with Gasteiger partial charge in [-0.2, -0.15) is 5.26 Å². The highest BCUT2D eigenvalue weighted by Gasteiger charge is 2.45. The second kappa shape index (κ2) is 6.15. The summed E-state index contributed by atoms with van der Waals surface area (Å²) in [7, 11) is 1.53. The number of nitriles is 1. The number of rotatable bonds is 5. The number of likely N-dealkylation sites (tertiary alicyclic amines) is 1. The summed E-state index contributed by atoms with van der Waals surface area (Å²) in [4.78, 5) is 13.7. The quantitative estimate of drug-likeness (QED) is 0.900. The van der Waals surface area contributed by atoms with Crippen LogP contribution in [0.25, 0.3) is 0 Å². The maximum absolute atomic E-state index is 11.7. The summed E-state index contributed by atoms with van der Waals surface area (Å²) >= 11 is 0. The fourth-order valence-corrected chi connectivity index (χ4v) is 3.11. The monoisotopic (exact) mass is 288 g/mol. The molecule has 0 amide bonds. The predicted octanol–water partition coefficient (Wildman–Crippen LogP) is 2.40. The zero-order valence-electron chi connectivity index (χ0n) is 12.4. The standard InChI is InChI=1S/C16H20N2O3/c1-3-16(15(19)20)7-4-8-18(16)11-12-5-6-13(10-17)14(9-12)21-2/h5-6,9H,3-4,7-8,11H2,1-2H3,(H,19,20). The number of carboxylic acid groups (broad SMARTS) is 1. The molecule has 0 aliphatic carbocycles. The molecule has 0 spiro atoms. The van der Waals surface area contributed by atoms with Gasteiger partial charge in [-0.3, -0.25) is 9.69 Å². The third-order valence-electron chi connectivity index (χ3n) is 4.37. The van der Waals surface area contributed by atoms with Gasteiger partial charge in [-0.1, -0.05) is 13.0 Å². The number of nitrogens with zero attached hydrogens (tertiary/aromatic N) is 2. The lowest BCUT2D eigenvalue weighted by molar-refractivity contribution is -0.150. The molecule has 1 heterocycles. The van der Waals surface area contributed by atoms with Crippen LogP contribution in [0.3, 0.4) is 0 Å². The largest absolute Gasteiger partial charge is 0.495 e. The highest BCUT2D eigenvalue weighted by Crippen LogP contribution is 2.34. The van der Waals surface area contributed by atoms with Gasteiger partial charge >= 0.3 is 5.97 Å². The number of methoxy groups -OCH3 is 1. The summed E-state index contributed by atoms with van der Waals surface area (Å²) in [5.74, 6) is -0.213. The van der Waals surface area contributed by atoms with Crippen LogP contribution in [-0.2, 0) is 11.3 Å². The fraction of sp³-hybridized carbons (Fsp3) is 0.500. The van der Waals surface area contributed by atoms with Gasteiger partial charge in [0.15, 0.2) is 0 Å². The van der Waals surface area contributed by atoms with Crippen LogP contribution in [0.15, 0.2) is 18.2 Å². The zero-order chi connectivity index (χ0) is 15.5. The molecule has 0 saturated carbocycles. The van der Waals surface area contributed by atoms with E-state index in [1.807, 2.05) is 24.0 Å². The number of carbonyl (C=O) groups is 1. The van der Waals surface area contributed by atoms with Crippen LogP contribution >= 0.6 is 0 Å². The van der Waals surface area contributed by atoms with E-state index in [1.54, 1.807) is 6.07 Å². The van der Waals surface area contributed by atoms with Gasteiger partial charge in [0.25, 0.3) is 0 Å². The van der Waals surface area contributed by atoms with Gasteiger partial charge in [-0.15, -0.1) is 0 Å². The van der Waals surface area contributed by atoms with E-state index >= 15 is 0 Å². The Bertz CT molecular complexity index is 579. The summed E-state index contributed by atoms with van der Waals surface area (Å²) in [5, 5.41) is 18.6. The maximum Gasteiger partial charge on any atom is 0.324 e. The molecule has 0 bridgehead atoms. The van der Waals surface area contributed by atoms with Gasteiger partial charge in [0.05, 0.1) is 12.7 Å². The van der Waals surface area contributed by atoms with Crippen molar-refractivity contribution in [3.8, 4) is 11.8 Å². The van der Waals surface area contributed by atoms with Gasteiger partial charge in [-0.05, 0) is 43.5 Å². The Morgan fingerprint density at radius 1 is 1.57 bits per heavy atom. The summed E-state index contributed by atoms with van der Waals surface area (Å²) < 4.78 is 5.21. The van der Waals surface area contributed by atoms with Crippen LogP contribution in [0.1, 0.15) is 37.3 Å². The minimum absolute atomic E-state index is 0.489. The van der Waals surface area contributed by atoms with E-state index in [0.29, 0.717) is 30.7 Å². The van der Waals surface area contributed by atoms with Gasteiger partial charge in [-0.25, -0.2) is 0 Å². The lowest BCUT2D eigenvalue weighted by Gasteiger charge is -2.34. The summed E-state index contributed by atoms with van der Waals surface area (Å²) in [6.07, 6.45) is 2.18. The van der Waals surface area contributed by atoms with Crippen molar-refractivity contribution in [2.24, 2.45) is 0 Å². The maximum atomic E-state index is 11.7. The third kappa shape index (κ3) is 2.72. The SMILES string of the molecule is CCC1(C(=O)O)CCCN1Cc1ccc(C#N)c(OC)c1. The fourth-order valence-electron chi connectivity index (χ4n) is 3.11. The molecule has 112 valence electrons. The Morgan fingerprint density at radius 3 is 2.90 bits per heavy atom. The summed E-state index contributed by atoms with van der Waals surface area (Å²) in [6, 6.07) is 7.48. The number of benzene rings is 1. The van der Waals surface area contributed by atoms with Crippen LogP contribution in [0.5, 0.6) is 5.75 Å². The number of hydrogen-bond acceptors (Lipinski definition) is 4. The van der Waals surface area contributed by atoms with Crippen molar-refractivity contribution in [1.82, 2.24) is 4.90 Å². The van der Waals surface area contributed by atoms with Crippen molar-refractivity contribution >= 4 is 5.97 Å². The molecular weight excluding hydrogens is 268 g/mol. The van der Waals surface area contributed by atoms with E-state index in [0.717, 1.165) is 18.5 Å². The molecule has 5 nitrogen and oxygen atoms in total. The molecule has 21 heavy (non-hydrogen) atoms. The molecule has 1 N–H and O–H groups in total. The van der Waals surface area contributed by atoms with E-state index in [9.17, 15) is 9.90 Å². The van der Waals surface area contributed by atoms with Gasteiger partial charge in [0.2, 0.25) is 0 Å². The summed E-state index contributed by atoms with van der Waals surface area (Å²) in [5.41, 5.74) is 0.690. The lowest BCUT2D eigenvalue weighted by Crippen LogP contribution is -2.49. The first-order chi connectivity index (χ1) is 10.1. The summed E-state index contributed by atoms with van der Waals surface area (Å²) in [6.45, 7) is 3.26. The van der Waals surface area contributed by atoms with Crippen LogP contribution in [0.2, 0.25) is 0 Å². The van der Waals surface area contributed by atoms with E-state index in [4.69, 9.17) is 10.00 Å². The number of carboxylic acids is 1. The van der Waals surface area contributed by atoms with E-state index < -0.39 is 11.5 Å². The van der Waals surface area contributed by atoms with E-state index in [1.165, 1.54) is 7.11 Å². The number of aliphatic carboxylic acids is 1. The molecular formula is C16H20N2O3. The molecule has 1 saturated heterocycles. The van der Waals surface area contributed by atoms with E-state index in [-0.39, 0.29) is 0 Å². The molecule has 1 aromatic rings. The molecule has 2 rings (SSSR count). The molecule has 5 heteroatoms. The second-order valence-corrected chi connectivity index (χ2v) is 5.36. The molecule has 1 fully saturated rings. The second-order valence-electron chi connectivity index (χ2n) is 5.36. The molecule has 1 unspecified atom stereocenters. The molecule has 1 aliphatic heterocycles. The minimum atomic E-state index is -0.763. The Balaban J connectivity index is 2.25. The first kappa shape index (κ1) is 15.3. The van der Waals surface area contributed by atoms with Crippen LogP contribution in [0.4, 0.5) is 0 Å². The molecule has 1 aliphatic rings. The highest BCUT2D eigenvalue weighted by molar-refractivity contribution is 5.79. The van der Waals surface area contributed by atoms with Crippen LogP contribution in [-0.4, -0.2) is 35.2 Å². The Morgan fingerprint density at radius 2 is 2.33 bits per heavy atom. The first-order valence-electron chi connectivity index (χ1n) is 7.13. The van der Waals surface area contributed by atoms with Gasteiger partial charge < -0.3 is 9.84 Å². The highest BCUT2D eigenvalue weighted by atomic mass is 16.5. The lowest BCUT2D eigenvalue weighted by atomic mass is 9.92. The third-order valence-corrected chi connectivity index (χ3v) is 4.37. The topological polar surface area (TPSA) is 73.6 Å². The molecule has 1 aromatic carbocycles. The zero-order valence-corrected chi connectivity index (χ0v) is 12.4. The Labute approximate surface area is 124 Å². The smallest absolute Gasteiger partial charge is 0.324 e. The van der Waals surface area contributed by atoms with Crippen LogP contribution in [0, 0.1) is 11.3 Å². The first-order valence-corrected chi connectivity index (χ1v) is 7.13. The molecule has 0 radical (unpaired) electrons. The normalized spacial score (nSPS) is 22.0. The number of ether oxygens (including phenoxy) is 1. The Kier molecular flexibility index (Phi) is 4.49. The van der Waals surface area contributed by atoms with Crippen LogP contribution < -0.4 is 4.74 Å². The Hall–Kier alpha value is -2.06. The van der Waals surface area contributed by atoms with Crippen molar-refractivity contribution in [3.05, 3.63) is 29.3 Å². The van der Waals surface area contributed by atoms with Crippen molar-refractivity contribution in [2.45, 2.75) is 38.3 Å². The van der Waals surface area contributed by atoms with Crippen molar-refractivity contribution in [2.75, 3.05) is 13.7 Å². The van der Waals surface area contributed by atoms with Crippen molar-refractivity contribution in [1.29, 1.82) is 5.26 Å².